The zero-order valence-corrected chi connectivity index (χ0v) is 16.7. The SMILES string of the molecule is O=C(Nc1cc(F)cc(C(=O)c2ccc3nccnc3c2)c1)Nc1cccc(C(F)(F)F)c1. The first kappa shape index (κ1) is 21.9. The van der Waals surface area contributed by atoms with Crippen LogP contribution in [0.3, 0.4) is 0 Å². The van der Waals surface area contributed by atoms with Crippen molar-refractivity contribution in [3.05, 3.63) is 95.6 Å². The number of nitrogens with zero attached hydrogens (tertiary/aromatic N) is 2. The molecule has 166 valence electrons. The minimum atomic E-state index is -4.57. The maximum Gasteiger partial charge on any atom is 0.416 e. The molecule has 2 amide bonds. The van der Waals surface area contributed by atoms with Gasteiger partial charge in [-0.15, -0.1) is 0 Å². The summed E-state index contributed by atoms with van der Waals surface area (Å²) in [6, 6.07) is 11.1. The predicted octanol–water partition coefficient (Wildman–Crippen LogP) is 5.66. The molecular weight excluding hydrogens is 440 g/mol. The van der Waals surface area contributed by atoms with Crippen LogP contribution in [0.2, 0.25) is 0 Å². The molecule has 1 heterocycles. The van der Waals surface area contributed by atoms with Gasteiger partial charge in [0.25, 0.3) is 0 Å². The Kier molecular flexibility index (Phi) is 5.74. The molecule has 0 saturated heterocycles. The number of nitrogens with one attached hydrogen (secondary N) is 2. The molecule has 0 aliphatic rings. The summed E-state index contributed by atoms with van der Waals surface area (Å²) in [5.74, 6) is -1.29. The van der Waals surface area contributed by atoms with Gasteiger partial charge in [-0.05, 0) is 54.6 Å². The van der Waals surface area contributed by atoms with E-state index in [1.165, 1.54) is 36.7 Å². The van der Waals surface area contributed by atoms with Gasteiger partial charge in [0.15, 0.2) is 5.78 Å². The summed E-state index contributed by atoms with van der Waals surface area (Å²) >= 11 is 0. The second-order valence-corrected chi connectivity index (χ2v) is 6.98. The Hall–Kier alpha value is -4.34. The van der Waals surface area contributed by atoms with Gasteiger partial charge in [0.2, 0.25) is 0 Å². The maximum atomic E-state index is 14.1. The molecule has 0 aliphatic carbocycles. The summed E-state index contributed by atoms with van der Waals surface area (Å²) < 4.78 is 52.6. The van der Waals surface area contributed by atoms with Gasteiger partial charge in [0.05, 0.1) is 16.6 Å². The fourth-order valence-electron chi connectivity index (χ4n) is 3.13. The van der Waals surface area contributed by atoms with E-state index in [1.807, 2.05) is 0 Å². The standard InChI is InChI=1S/C23H14F4N4O2/c24-16-8-14(21(32)13-4-5-19-20(10-13)29-7-6-28-19)9-18(12-16)31-22(33)30-17-3-1-2-15(11-17)23(25,26)27/h1-12H,(H2,30,31,33). The van der Waals surface area contributed by atoms with Crippen LogP contribution in [0.15, 0.2) is 73.1 Å². The molecule has 0 fully saturated rings. The van der Waals surface area contributed by atoms with Crippen LogP contribution < -0.4 is 10.6 Å². The average molecular weight is 454 g/mol. The Morgan fingerprint density at radius 2 is 1.48 bits per heavy atom. The van der Waals surface area contributed by atoms with Gasteiger partial charge in [0, 0.05) is 34.9 Å². The lowest BCUT2D eigenvalue weighted by Crippen LogP contribution is -2.20. The number of hydrogen-bond acceptors (Lipinski definition) is 4. The van der Waals surface area contributed by atoms with Crippen LogP contribution in [0.25, 0.3) is 11.0 Å². The van der Waals surface area contributed by atoms with Gasteiger partial charge in [-0.2, -0.15) is 13.2 Å². The first-order chi connectivity index (χ1) is 15.7. The molecule has 2 N–H and O–H groups in total. The molecule has 33 heavy (non-hydrogen) atoms. The van der Waals surface area contributed by atoms with Crippen LogP contribution in [0.5, 0.6) is 0 Å². The van der Waals surface area contributed by atoms with E-state index in [1.54, 1.807) is 6.07 Å². The highest BCUT2D eigenvalue weighted by atomic mass is 19.4. The molecule has 0 bridgehead atoms. The molecule has 10 heteroatoms. The molecule has 0 atom stereocenters. The number of ketones is 1. The molecule has 4 aromatic rings. The molecule has 1 aromatic heterocycles. The molecular formula is C23H14F4N4O2. The van der Waals surface area contributed by atoms with E-state index >= 15 is 0 Å². The number of fused-ring (bicyclic) bond motifs is 1. The minimum Gasteiger partial charge on any atom is -0.308 e. The Labute approximate surface area is 184 Å². The van der Waals surface area contributed by atoms with Crippen molar-refractivity contribution in [2.24, 2.45) is 0 Å². The number of rotatable bonds is 4. The first-order valence-electron chi connectivity index (χ1n) is 9.50. The summed E-state index contributed by atoms with van der Waals surface area (Å²) in [6.45, 7) is 0. The van der Waals surface area contributed by atoms with Crippen LogP contribution in [0, 0.1) is 5.82 Å². The highest BCUT2D eigenvalue weighted by Crippen LogP contribution is 2.30. The zero-order valence-electron chi connectivity index (χ0n) is 16.7. The monoisotopic (exact) mass is 454 g/mol. The van der Waals surface area contributed by atoms with Crippen molar-refractivity contribution in [1.82, 2.24) is 9.97 Å². The van der Waals surface area contributed by atoms with Crippen molar-refractivity contribution < 1.29 is 27.2 Å². The molecule has 3 aromatic carbocycles. The third kappa shape index (κ3) is 5.12. The highest BCUT2D eigenvalue weighted by Gasteiger charge is 2.30. The lowest BCUT2D eigenvalue weighted by Gasteiger charge is -2.11. The lowest BCUT2D eigenvalue weighted by atomic mass is 10.0. The Bertz CT molecular complexity index is 1370. The number of alkyl halides is 3. The number of benzene rings is 3. The molecule has 0 saturated carbocycles. The summed E-state index contributed by atoms with van der Waals surface area (Å²) in [6.07, 6.45) is -1.58. The minimum absolute atomic E-state index is 0.0346. The van der Waals surface area contributed by atoms with Crippen molar-refractivity contribution in [3.8, 4) is 0 Å². The maximum absolute atomic E-state index is 14.1. The second kappa shape index (κ2) is 8.65. The van der Waals surface area contributed by atoms with Crippen molar-refractivity contribution >= 4 is 34.2 Å². The molecule has 6 nitrogen and oxygen atoms in total. The van der Waals surface area contributed by atoms with Gasteiger partial charge in [-0.25, -0.2) is 9.18 Å². The van der Waals surface area contributed by atoms with Crippen LogP contribution in [0.4, 0.5) is 33.7 Å². The number of anilines is 2. The predicted molar refractivity (Wildman–Crippen MR) is 113 cm³/mol. The third-order valence-corrected chi connectivity index (χ3v) is 4.60. The number of carbonyl (C=O) groups is 2. The van der Waals surface area contributed by atoms with E-state index in [-0.39, 0.29) is 22.5 Å². The Balaban J connectivity index is 1.53. The van der Waals surface area contributed by atoms with E-state index in [0.29, 0.717) is 11.0 Å². The molecule has 4 rings (SSSR count). The summed E-state index contributed by atoms with van der Waals surface area (Å²) in [5.41, 5.74) is 0.191. The Morgan fingerprint density at radius 3 is 2.24 bits per heavy atom. The van der Waals surface area contributed by atoms with Gasteiger partial charge in [-0.1, -0.05) is 6.07 Å². The van der Waals surface area contributed by atoms with Gasteiger partial charge in [0.1, 0.15) is 5.82 Å². The quantitative estimate of drug-likeness (QED) is 0.308. The fraction of sp³-hybridized carbons (Fsp3) is 0.0435. The summed E-state index contributed by atoms with van der Waals surface area (Å²) in [4.78, 5) is 33.3. The van der Waals surface area contributed by atoms with E-state index in [2.05, 4.69) is 20.6 Å². The molecule has 0 radical (unpaired) electrons. The van der Waals surface area contributed by atoms with Gasteiger partial charge in [-0.3, -0.25) is 14.8 Å². The Morgan fingerprint density at radius 1 is 0.758 bits per heavy atom. The molecule has 0 unspecified atom stereocenters. The second-order valence-electron chi connectivity index (χ2n) is 6.98. The zero-order chi connectivity index (χ0) is 23.6. The summed E-state index contributed by atoms with van der Waals surface area (Å²) in [5, 5.41) is 4.57. The van der Waals surface area contributed by atoms with Gasteiger partial charge < -0.3 is 10.6 Å². The van der Waals surface area contributed by atoms with Crippen LogP contribution in [0.1, 0.15) is 21.5 Å². The average Bonchev–Trinajstić information content (AvgIpc) is 2.77. The largest absolute Gasteiger partial charge is 0.416 e. The number of halogens is 4. The van der Waals surface area contributed by atoms with Crippen molar-refractivity contribution in [1.29, 1.82) is 0 Å². The van der Waals surface area contributed by atoms with E-state index in [9.17, 15) is 27.2 Å². The van der Waals surface area contributed by atoms with Crippen molar-refractivity contribution in [2.45, 2.75) is 6.18 Å². The number of carbonyl (C=O) groups excluding carboxylic acids is 2. The first-order valence-corrected chi connectivity index (χ1v) is 9.50. The van der Waals surface area contributed by atoms with E-state index in [0.717, 1.165) is 30.3 Å². The van der Waals surface area contributed by atoms with Gasteiger partial charge >= 0.3 is 12.2 Å². The molecule has 0 spiro atoms. The smallest absolute Gasteiger partial charge is 0.308 e. The topological polar surface area (TPSA) is 84.0 Å². The fourth-order valence-corrected chi connectivity index (χ4v) is 3.13. The van der Waals surface area contributed by atoms with Crippen LogP contribution in [-0.2, 0) is 6.18 Å². The number of urea groups is 1. The molecule has 0 aliphatic heterocycles. The number of amides is 2. The lowest BCUT2D eigenvalue weighted by molar-refractivity contribution is -0.137. The normalized spacial score (nSPS) is 11.3. The third-order valence-electron chi connectivity index (χ3n) is 4.60. The van der Waals surface area contributed by atoms with Crippen LogP contribution in [-0.4, -0.2) is 21.8 Å². The van der Waals surface area contributed by atoms with Crippen LogP contribution >= 0.6 is 0 Å². The number of aromatic nitrogens is 2. The summed E-state index contributed by atoms with van der Waals surface area (Å²) in [7, 11) is 0. The van der Waals surface area contributed by atoms with E-state index in [4.69, 9.17) is 0 Å². The van der Waals surface area contributed by atoms with Crippen molar-refractivity contribution in [3.63, 3.8) is 0 Å². The highest BCUT2D eigenvalue weighted by molar-refractivity contribution is 6.11. The number of hydrogen-bond donors (Lipinski definition) is 2. The van der Waals surface area contributed by atoms with E-state index < -0.39 is 29.4 Å². The van der Waals surface area contributed by atoms with Crippen molar-refractivity contribution in [2.75, 3.05) is 10.6 Å².